The van der Waals surface area contributed by atoms with Crippen molar-refractivity contribution in [3.63, 3.8) is 0 Å². The molecule has 3 amide bonds. The average molecular weight is 313 g/mol. The van der Waals surface area contributed by atoms with Crippen molar-refractivity contribution >= 4 is 11.9 Å². The Morgan fingerprint density at radius 3 is 2.78 bits per heavy atom. The van der Waals surface area contributed by atoms with Gasteiger partial charge in [-0.1, -0.05) is 36.4 Å². The molecule has 1 saturated heterocycles. The molecule has 23 heavy (non-hydrogen) atoms. The Morgan fingerprint density at radius 2 is 2.00 bits per heavy atom. The first kappa shape index (κ1) is 15.6. The molecule has 3 rings (SSSR count). The highest BCUT2D eigenvalue weighted by molar-refractivity contribution is 5.80. The van der Waals surface area contributed by atoms with E-state index in [1.165, 1.54) is 0 Å². The molecule has 5 heteroatoms. The Kier molecular flexibility index (Phi) is 4.37. The maximum Gasteiger partial charge on any atom is 0.315 e. The standard InChI is InChI=1S/C18H23N3O2/c1-21-15-8-5-10-18(15,11-9-16(21)22)13-20-17(23)19-12-14-6-3-2-4-7-14/h2-4,6-8H,5,9-13H2,1H3,(H2,19,20,23). The predicted octanol–water partition coefficient (Wildman–Crippen LogP) is 2.40. The first-order valence-corrected chi connectivity index (χ1v) is 8.14. The molecule has 1 atom stereocenters. The van der Waals surface area contributed by atoms with Crippen LogP contribution < -0.4 is 10.6 Å². The molecule has 2 aliphatic rings. The van der Waals surface area contributed by atoms with E-state index in [4.69, 9.17) is 0 Å². The van der Waals surface area contributed by atoms with Crippen LogP contribution in [-0.4, -0.2) is 30.4 Å². The van der Waals surface area contributed by atoms with Gasteiger partial charge in [0.05, 0.1) is 0 Å². The summed E-state index contributed by atoms with van der Waals surface area (Å²) in [5.74, 6) is 0.169. The topological polar surface area (TPSA) is 61.4 Å². The number of fused-ring (bicyclic) bond motifs is 1. The summed E-state index contributed by atoms with van der Waals surface area (Å²) in [5, 5.41) is 5.88. The molecular weight excluding hydrogens is 290 g/mol. The van der Waals surface area contributed by atoms with Crippen LogP contribution in [0.1, 0.15) is 31.2 Å². The van der Waals surface area contributed by atoms with Gasteiger partial charge in [-0.15, -0.1) is 0 Å². The van der Waals surface area contributed by atoms with E-state index in [-0.39, 0.29) is 17.4 Å². The molecule has 0 saturated carbocycles. The molecule has 0 radical (unpaired) electrons. The molecule has 5 nitrogen and oxygen atoms in total. The summed E-state index contributed by atoms with van der Waals surface area (Å²) in [4.78, 5) is 25.7. The number of carbonyl (C=O) groups is 2. The van der Waals surface area contributed by atoms with Crippen molar-refractivity contribution in [2.45, 2.75) is 32.2 Å². The quantitative estimate of drug-likeness (QED) is 0.896. The Labute approximate surface area is 136 Å². The highest BCUT2D eigenvalue weighted by Crippen LogP contribution is 2.46. The third-order valence-corrected chi connectivity index (χ3v) is 4.94. The molecule has 0 bridgehead atoms. The first-order chi connectivity index (χ1) is 11.1. The van der Waals surface area contributed by atoms with Gasteiger partial charge in [-0.25, -0.2) is 4.79 Å². The normalized spacial score (nSPS) is 23.3. The number of allylic oxidation sites excluding steroid dienone is 1. The minimum atomic E-state index is -0.158. The van der Waals surface area contributed by atoms with E-state index in [9.17, 15) is 9.59 Å². The Balaban J connectivity index is 1.54. The Morgan fingerprint density at radius 1 is 1.22 bits per heavy atom. The summed E-state index contributed by atoms with van der Waals surface area (Å²) < 4.78 is 0. The van der Waals surface area contributed by atoms with Crippen LogP contribution in [0.4, 0.5) is 4.79 Å². The lowest BCUT2D eigenvalue weighted by molar-refractivity contribution is -0.131. The fourth-order valence-electron chi connectivity index (χ4n) is 3.58. The molecule has 122 valence electrons. The van der Waals surface area contributed by atoms with Crippen molar-refractivity contribution in [1.29, 1.82) is 0 Å². The summed E-state index contributed by atoms with van der Waals surface area (Å²) in [6.07, 6.45) is 5.49. The van der Waals surface area contributed by atoms with Crippen molar-refractivity contribution in [1.82, 2.24) is 15.5 Å². The molecule has 2 N–H and O–H groups in total. The lowest BCUT2D eigenvalue weighted by Crippen LogP contribution is -2.48. The SMILES string of the molecule is CN1C(=O)CCC2(CNC(=O)NCc3ccccc3)CCC=C12. The molecule has 0 aromatic heterocycles. The summed E-state index contributed by atoms with van der Waals surface area (Å²) >= 11 is 0. The van der Waals surface area contributed by atoms with E-state index in [2.05, 4.69) is 16.7 Å². The van der Waals surface area contributed by atoms with E-state index >= 15 is 0 Å². The van der Waals surface area contributed by atoms with E-state index in [1.54, 1.807) is 4.90 Å². The first-order valence-electron chi connectivity index (χ1n) is 8.14. The summed E-state index contributed by atoms with van der Waals surface area (Å²) in [5.41, 5.74) is 2.08. The minimum Gasteiger partial charge on any atom is -0.337 e. The number of piperidine rings is 1. The van der Waals surface area contributed by atoms with Crippen molar-refractivity contribution < 1.29 is 9.59 Å². The van der Waals surface area contributed by atoms with Crippen LogP contribution in [0.5, 0.6) is 0 Å². The molecular formula is C18H23N3O2. The number of carbonyl (C=O) groups excluding carboxylic acids is 2. The fourth-order valence-corrected chi connectivity index (χ4v) is 3.58. The second-order valence-electron chi connectivity index (χ2n) is 6.38. The number of urea groups is 1. The van der Waals surface area contributed by atoms with Crippen LogP contribution in [0.25, 0.3) is 0 Å². The number of likely N-dealkylation sites (tertiary alicyclic amines) is 1. The molecule has 1 aromatic rings. The Hall–Kier alpha value is -2.30. The second kappa shape index (κ2) is 6.44. The lowest BCUT2D eigenvalue weighted by atomic mass is 9.77. The number of nitrogens with one attached hydrogen (secondary N) is 2. The second-order valence-corrected chi connectivity index (χ2v) is 6.38. The van der Waals surface area contributed by atoms with Crippen LogP contribution in [-0.2, 0) is 11.3 Å². The van der Waals surface area contributed by atoms with Gasteiger partial charge in [0, 0.05) is 37.7 Å². The van der Waals surface area contributed by atoms with E-state index < -0.39 is 0 Å². The number of rotatable bonds is 4. The van der Waals surface area contributed by atoms with Crippen LogP contribution >= 0.6 is 0 Å². The minimum absolute atomic E-state index is 0.0766. The number of nitrogens with zero attached hydrogens (tertiary/aromatic N) is 1. The lowest BCUT2D eigenvalue weighted by Gasteiger charge is -2.41. The van der Waals surface area contributed by atoms with E-state index in [0.29, 0.717) is 19.5 Å². The van der Waals surface area contributed by atoms with Gasteiger partial charge in [0.15, 0.2) is 0 Å². The molecule has 1 aliphatic heterocycles. The van der Waals surface area contributed by atoms with Gasteiger partial charge in [0.1, 0.15) is 0 Å². The zero-order valence-electron chi connectivity index (χ0n) is 13.5. The summed E-state index contributed by atoms with van der Waals surface area (Å²) in [7, 11) is 1.84. The highest BCUT2D eigenvalue weighted by Gasteiger charge is 2.44. The Bertz CT molecular complexity index is 626. The largest absolute Gasteiger partial charge is 0.337 e. The van der Waals surface area contributed by atoms with Gasteiger partial charge >= 0.3 is 6.03 Å². The van der Waals surface area contributed by atoms with Crippen LogP contribution in [0.15, 0.2) is 42.1 Å². The summed E-state index contributed by atoms with van der Waals surface area (Å²) in [6.45, 7) is 1.10. The number of amides is 3. The highest BCUT2D eigenvalue weighted by atomic mass is 16.2. The number of hydrogen-bond acceptors (Lipinski definition) is 2. The van der Waals surface area contributed by atoms with Crippen molar-refractivity contribution in [2.75, 3.05) is 13.6 Å². The smallest absolute Gasteiger partial charge is 0.315 e. The fraction of sp³-hybridized carbons (Fsp3) is 0.444. The molecule has 1 aromatic carbocycles. The van der Waals surface area contributed by atoms with Crippen molar-refractivity contribution in [3.8, 4) is 0 Å². The van der Waals surface area contributed by atoms with E-state index in [1.807, 2.05) is 37.4 Å². The van der Waals surface area contributed by atoms with Gasteiger partial charge in [0.2, 0.25) is 5.91 Å². The molecule has 1 unspecified atom stereocenters. The van der Waals surface area contributed by atoms with Crippen LogP contribution in [0.2, 0.25) is 0 Å². The van der Waals surface area contributed by atoms with Gasteiger partial charge in [-0.3, -0.25) is 4.79 Å². The number of benzene rings is 1. The van der Waals surface area contributed by atoms with Gasteiger partial charge < -0.3 is 15.5 Å². The van der Waals surface area contributed by atoms with Crippen molar-refractivity contribution in [2.24, 2.45) is 5.41 Å². The maximum absolute atomic E-state index is 12.1. The number of hydrogen-bond donors (Lipinski definition) is 2. The molecule has 1 heterocycles. The summed E-state index contributed by atoms with van der Waals surface area (Å²) in [6, 6.07) is 9.68. The average Bonchev–Trinajstić information content (AvgIpc) is 3.01. The molecule has 1 fully saturated rings. The monoisotopic (exact) mass is 313 g/mol. The zero-order chi connectivity index (χ0) is 16.3. The van der Waals surface area contributed by atoms with Crippen molar-refractivity contribution in [3.05, 3.63) is 47.7 Å². The molecule has 1 aliphatic carbocycles. The third-order valence-electron chi connectivity index (χ3n) is 4.94. The van der Waals surface area contributed by atoms with Gasteiger partial charge in [-0.2, -0.15) is 0 Å². The zero-order valence-corrected chi connectivity index (χ0v) is 13.5. The van der Waals surface area contributed by atoms with Gasteiger partial charge in [0.25, 0.3) is 0 Å². The third kappa shape index (κ3) is 3.23. The van der Waals surface area contributed by atoms with Crippen LogP contribution in [0.3, 0.4) is 0 Å². The molecule has 0 spiro atoms. The van der Waals surface area contributed by atoms with E-state index in [0.717, 1.165) is 30.5 Å². The maximum atomic E-state index is 12.1. The predicted molar refractivity (Wildman–Crippen MR) is 88.4 cm³/mol. The van der Waals surface area contributed by atoms with Gasteiger partial charge in [-0.05, 0) is 24.8 Å². The van der Waals surface area contributed by atoms with Crippen LogP contribution in [0, 0.1) is 5.41 Å².